The summed E-state index contributed by atoms with van der Waals surface area (Å²) in [4.78, 5) is 14.0. The van der Waals surface area contributed by atoms with Gasteiger partial charge in [0, 0.05) is 5.02 Å². The molecule has 0 bridgehead atoms. The molecule has 20 heavy (non-hydrogen) atoms. The van der Waals surface area contributed by atoms with E-state index in [9.17, 15) is 9.18 Å². The van der Waals surface area contributed by atoms with Gasteiger partial charge in [-0.25, -0.2) is 4.39 Å². The lowest BCUT2D eigenvalue weighted by atomic mass is 10.1. The largest absolute Gasteiger partial charge is 0.490 e. The molecule has 2 aromatic carbocycles. The Bertz CT molecular complexity index is 675. The van der Waals surface area contributed by atoms with Crippen molar-refractivity contribution < 1.29 is 13.9 Å². The number of halogens is 2. The Balaban J connectivity index is 2.02. The molecule has 0 fully saturated rings. The van der Waals surface area contributed by atoms with Crippen molar-refractivity contribution in [2.75, 3.05) is 18.1 Å². The van der Waals surface area contributed by atoms with Gasteiger partial charge < -0.3 is 9.64 Å². The fraction of sp³-hybridized carbons (Fsp3) is 0.133. The molecule has 3 nitrogen and oxygen atoms in total. The van der Waals surface area contributed by atoms with Crippen molar-refractivity contribution in [3.63, 3.8) is 0 Å². The highest BCUT2D eigenvalue weighted by Gasteiger charge is 2.26. The number of rotatable bonds is 1. The number of carbonyl (C=O) groups excluding carboxylic acids is 1. The van der Waals surface area contributed by atoms with E-state index >= 15 is 0 Å². The van der Waals surface area contributed by atoms with Gasteiger partial charge in [0.2, 0.25) is 0 Å². The van der Waals surface area contributed by atoms with E-state index in [1.165, 1.54) is 23.1 Å². The van der Waals surface area contributed by atoms with Crippen LogP contribution in [-0.2, 0) is 0 Å². The summed E-state index contributed by atoms with van der Waals surface area (Å²) in [6, 6.07) is 11.1. The van der Waals surface area contributed by atoms with Gasteiger partial charge in [0.15, 0.2) is 0 Å². The van der Waals surface area contributed by atoms with E-state index in [2.05, 4.69) is 0 Å². The third kappa shape index (κ3) is 2.23. The molecule has 0 radical (unpaired) electrons. The third-order valence-corrected chi connectivity index (χ3v) is 3.37. The second-order valence-corrected chi connectivity index (χ2v) is 4.83. The van der Waals surface area contributed by atoms with Crippen LogP contribution in [0.2, 0.25) is 5.02 Å². The summed E-state index contributed by atoms with van der Waals surface area (Å²) in [7, 11) is 0. The van der Waals surface area contributed by atoms with Crippen LogP contribution < -0.4 is 9.64 Å². The molecule has 1 aliphatic heterocycles. The number of hydrogen-bond acceptors (Lipinski definition) is 2. The smallest absolute Gasteiger partial charge is 0.261 e. The maximum Gasteiger partial charge on any atom is 0.261 e. The summed E-state index contributed by atoms with van der Waals surface area (Å²) >= 11 is 5.84. The molecule has 3 rings (SSSR count). The second kappa shape index (κ2) is 5.13. The Morgan fingerprint density at radius 1 is 1.25 bits per heavy atom. The molecule has 0 N–H and O–H groups in total. The van der Waals surface area contributed by atoms with Gasteiger partial charge in [-0.1, -0.05) is 23.7 Å². The van der Waals surface area contributed by atoms with Crippen molar-refractivity contribution in [1.82, 2.24) is 0 Å². The van der Waals surface area contributed by atoms with Crippen LogP contribution >= 0.6 is 11.6 Å². The van der Waals surface area contributed by atoms with E-state index in [1.54, 1.807) is 12.1 Å². The zero-order valence-electron chi connectivity index (χ0n) is 10.5. The molecule has 1 heterocycles. The summed E-state index contributed by atoms with van der Waals surface area (Å²) < 4.78 is 19.3. The van der Waals surface area contributed by atoms with Crippen LogP contribution in [0.3, 0.4) is 0 Å². The van der Waals surface area contributed by atoms with E-state index in [0.717, 1.165) is 0 Å². The first-order valence-electron chi connectivity index (χ1n) is 6.15. The van der Waals surface area contributed by atoms with Crippen molar-refractivity contribution in [1.29, 1.82) is 0 Å². The summed E-state index contributed by atoms with van der Waals surface area (Å²) in [5.74, 6) is -0.376. The molecule has 2 aromatic rings. The average molecular weight is 292 g/mol. The summed E-state index contributed by atoms with van der Waals surface area (Å²) in [5.41, 5.74) is 0.609. The summed E-state index contributed by atoms with van der Waals surface area (Å²) in [6.07, 6.45) is 0. The Morgan fingerprint density at radius 3 is 2.90 bits per heavy atom. The molecule has 1 aliphatic rings. The van der Waals surface area contributed by atoms with Crippen LogP contribution in [0.5, 0.6) is 5.75 Å². The number of amides is 1. The topological polar surface area (TPSA) is 29.5 Å². The molecule has 0 spiro atoms. The molecule has 0 saturated carbocycles. The van der Waals surface area contributed by atoms with E-state index < -0.39 is 11.7 Å². The number of para-hydroxylation sites is 2. The molecule has 0 saturated heterocycles. The van der Waals surface area contributed by atoms with Crippen molar-refractivity contribution in [2.45, 2.75) is 0 Å². The number of fused-ring (bicyclic) bond motifs is 1. The van der Waals surface area contributed by atoms with E-state index in [-0.39, 0.29) is 5.56 Å². The Hall–Kier alpha value is -2.07. The van der Waals surface area contributed by atoms with Crippen molar-refractivity contribution >= 4 is 23.2 Å². The molecular formula is C15H11ClFNO2. The normalized spacial score (nSPS) is 13.6. The van der Waals surface area contributed by atoms with E-state index in [0.29, 0.717) is 29.6 Å². The average Bonchev–Trinajstić information content (AvgIpc) is 2.48. The van der Waals surface area contributed by atoms with Crippen LogP contribution in [0.4, 0.5) is 10.1 Å². The molecule has 102 valence electrons. The van der Waals surface area contributed by atoms with Gasteiger partial charge in [0.25, 0.3) is 5.91 Å². The second-order valence-electron chi connectivity index (χ2n) is 4.40. The maximum absolute atomic E-state index is 13.8. The first-order valence-corrected chi connectivity index (χ1v) is 6.53. The zero-order chi connectivity index (χ0) is 14.1. The zero-order valence-corrected chi connectivity index (χ0v) is 11.2. The Kier molecular flexibility index (Phi) is 3.32. The quantitative estimate of drug-likeness (QED) is 0.804. The van der Waals surface area contributed by atoms with Crippen LogP contribution in [0, 0.1) is 5.82 Å². The van der Waals surface area contributed by atoms with Gasteiger partial charge in [-0.2, -0.15) is 0 Å². The monoisotopic (exact) mass is 291 g/mol. The van der Waals surface area contributed by atoms with Crippen molar-refractivity contribution in [2.24, 2.45) is 0 Å². The minimum Gasteiger partial charge on any atom is -0.490 e. The molecular weight excluding hydrogens is 281 g/mol. The molecule has 1 amide bonds. The first-order chi connectivity index (χ1) is 9.66. The highest BCUT2D eigenvalue weighted by molar-refractivity contribution is 6.31. The fourth-order valence-electron chi connectivity index (χ4n) is 2.19. The molecule has 0 aromatic heterocycles. The lowest BCUT2D eigenvalue weighted by molar-refractivity contribution is 0.0972. The summed E-state index contributed by atoms with van der Waals surface area (Å²) in [5, 5.41) is 0.330. The number of benzene rings is 2. The molecule has 0 unspecified atom stereocenters. The first kappa shape index (κ1) is 12.9. The van der Waals surface area contributed by atoms with Gasteiger partial charge in [-0.15, -0.1) is 0 Å². The Morgan fingerprint density at radius 2 is 2.05 bits per heavy atom. The number of ether oxygens (including phenoxy) is 1. The highest BCUT2D eigenvalue weighted by Crippen LogP contribution is 2.32. The van der Waals surface area contributed by atoms with Crippen LogP contribution in [0.25, 0.3) is 0 Å². The Labute approximate surface area is 120 Å². The van der Waals surface area contributed by atoms with E-state index in [1.807, 2.05) is 12.1 Å². The SMILES string of the molecule is O=C(c1cc(Cl)ccc1F)N1CCOc2ccccc21. The predicted molar refractivity (Wildman–Crippen MR) is 75.0 cm³/mol. The maximum atomic E-state index is 13.8. The van der Waals surface area contributed by atoms with Gasteiger partial charge >= 0.3 is 0 Å². The standard InChI is InChI=1S/C15H11ClFNO2/c16-10-5-6-12(17)11(9-10)15(19)18-7-8-20-14-4-2-1-3-13(14)18/h1-6,9H,7-8H2. The summed E-state index contributed by atoms with van der Waals surface area (Å²) in [6.45, 7) is 0.757. The predicted octanol–water partition coefficient (Wildman–Crippen LogP) is 3.52. The minimum atomic E-state index is -0.580. The highest BCUT2D eigenvalue weighted by atomic mass is 35.5. The molecule has 0 aliphatic carbocycles. The molecule has 0 atom stereocenters. The lowest BCUT2D eigenvalue weighted by Gasteiger charge is -2.29. The number of anilines is 1. The van der Waals surface area contributed by atoms with Gasteiger partial charge in [-0.3, -0.25) is 4.79 Å². The van der Waals surface area contributed by atoms with Crippen LogP contribution in [0.1, 0.15) is 10.4 Å². The number of nitrogens with zero attached hydrogens (tertiary/aromatic N) is 1. The van der Waals surface area contributed by atoms with Crippen LogP contribution in [-0.4, -0.2) is 19.1 Å². The van der Waals surface area contributed by atoms with Gasteiger partial charge in [-0.05, 0) is 30.3 Å². The molecule has 5 heteroatoms. The lowest BCUT2D eigenvalue weighted by Crippen LogP contribution is -2.38. The minimum absolute atomic E-state index is 0.0331. The third-order valence-electron chi connectivity index (χ3n) is 3.13. The fourth-order valence-corrected chi connectivity index (χ4v) is 2.36. The van der Waals surface area contributed by atoms with E-state index in [4.69, 9.17) is 16.3 Å². The van der Waals surface area contributed by atoms with Crippen molar-refractivity contribution in [3.05, 3.63) is 58.9 Å². The van der Waals surface area contributed by atoms with Gasteiger partial charge in [0.05, 0.1) is 17.8 Å². The number of hydrogen-bond donors (Lipinski definition) is 0. The number of carbonyl (C=O) groups is 1. The van der Waals surface area contributed by atoms with Crippen LogP contribution in [0.15, 0.2) is 42.5 Å². The van der Waals surface area contributed by atoms with Gasteiger partial charge in [0.1, 0.15) is 18.2 Å². The van der Waals surface area contributed by atoms with Crippen molar-refractivity contribution in [3.8, 4) is 5.75 Å².